The number of carbonyl (C=O) groups excluding carboxylic acids is 3. The van der Waals surface area contributed by atoms with E-state index in [4.69, 9.17) is 4.74 Å². The Bertz CT molecular complexity index is 936. The Kier molecular flexibility index (Phi) is 6.20. The summed E-state index contributed by atoms with van der Waals surface area (Å²) in [5.41, 5.74) is 0.709. The van der Waals surface area contributed by atoms with Crippen LogP contribution in [0.15, 0.2) is 48.8 Å². The summed E-state index contributed by atoms with van der Waals surface area (Å²) in [4.78, 5) is 51.0. The van der Waals surface area contributed by atoms with Crippen molar-refractivity contribution in [3.05, 3.63) is 70.0 Å². The number of carbonyl (C=O) groups is 3. The van der Waals surface area contributed by atoms with Gasteiger partial charge in [-0.15, -0.1) is 0 Å². The Balaban J connectivity index is 1.55. The fraction of sp³-hybridized carbons (Fsp3) is 0.222. The Hall–Kier alpha value is -3.31. The van der Waals surface area contributed by atoms with E-state index in [1.807, 2.05) is 0 Å². The summed E-state index contributed by atoms with van der Waals surface area (Å²) >= 11 is 0.810. The van der Waals surface area contributed by atoms with Gasteiger partial charge >= 0.3 is 5.97 Å². The smallest absolute Gasteiger partial charge is 0.356 e. The fourth-order valence-corrected chi connectivity index (χ4v) is 3.60. The van der Waals surface area contributed by atoms with Crippen LogP contribution in [0, 0.1) is 10.1 Å². The lowest BCUT2D eigenvalue weighted by molar-refractivity contribution is -0.384. The molecular formula is C18H15N3O7S. The van der Waals surface area contributed by atoms with Crippen LogP contribution in [0.5, 0.6) is 0 Å². The third-order valence-electron chi connectivity index (χ3n) is 4.09. The van der Waals surface area contributed by atoms with Gasteiger partial charge in [-0.25, -0.2) is 4.79 Å². The highest BCUT2D eigenvalue weighted by atomic mass is 32.2. The molecule has 3 rings (SSSR count). The average molecular weight is 417 g/mol. The molecule has 2 atom stereocenters. The largest absolute Gasteiger partial charge is 0.457 e. The van der Waals surface area contributed by atoms with E-state index in [0.717, 1.165) is 16.7 Å². The number of benzene rings is 1. The average Bonchev–Trinajstić information content (AvgIpc) is 2.72. The van der Waals surface area contributed by atoms with Crippen molar-refractivity contribution >= 4 is 34.4 Å². The molecule has 1 aromatic heterocycles. The first-order valence-corrected chi connectivity index (χ1v) is 9.25. The van der Waals surface area contributed by atoms with Crippen molar-refractivity contribution in [1.82, 2.24) is 9.88 Å². The molecule has 0 spiro atoms. The van der Waals surface area contributed by atoms with Crippen molar-refractivity contribution in [2.45, 2.75) is 24.6 Å². The molecular weight excluding hydrogens is 402 g/mol. The summed E-state index contributed by atoms with van der Waals surface area (Å²) in [5, 5.41) is 19.8. The molecule has 1 aliphatic rings. The number of aliphatic hydroxyl groups excluding tert-OH is 1. The van der Waals surface area contributed by atoms with Crippen LogP contribution < -0.4 is 0 Å². The standard InChI is InChI=1S/C18H15N3O7S/c22-14-8-15(29-18(25)12-2-1-7-19-9-12)20(14)16(23)17(24)28-10-11-3-5-13(6-4-11)21(26)27/h1-7,9,15-16,23H,8,10H2/t15-,16?/m1/s1. The Labute approximate surface area is 168 Å². The second kappa shape index (κ2) is 8.80. The molecule has 1 aliphatic heterocycles. The van der Waals surface area contributed by atoms with Crippen LogP contribution in [0.1, 0.15) is 22.3 Å². The number of likely N-dealkylation sites (tertiary alicyclic amines) is 1. The summed E-state index contributed by atoms with van der Waals surface area (Å²) in [6.45, 7) is -0.234. The number of hydrogen-bond donors (Lipinski definition) is 1. The first-order chi connectivity index (χ1) is 13.9. The van der Waals surface area contributed by atoms with Crippen LogP contribution in [0.3, 0.4) is 0 Å². The minimum Gasteiger partial charge on any atom is -0.457 e. The highest BCUT2D eigenvalue weighted by molar-refractivity contribution is 8.14. The summed E-state index contributed by atoms with van der Waals surface area (Å²) in [6, 6.07) is 8.52. The summed E-state index contributed by atoms with van der Waals surface area (Å²) in [6.07, 6.45) is 1.05. The number of aromatic nitrogens is 1. The van der Waals surface area contributed by atoms with Gasteiger partial charge in [-0.1, -0.05) is 11.8 Å². The molecule has 2 aromatic rings. The van der Waals surface area contributed by atoms with Gasteiger partial charge in [0, 0.05) is 30.1 Å². The third-order valence-corrected chi connectivity index (χ3v) is 5.21. The Morgan fingerprint density at radius 1 is 1.34 bits per heavy atom. The molecule has 1 saturated heterocycles. The number of amides is 1. The maximum absolute atomic E-state index is 12.2. The lowest BCUT2D eigenvalue weighted by Crippen LogP contribution is -2.59. The maximum Gasteiger partial charge on any atom is 0.356 e. The van der Waals surface area contributed by atoms with E-state index in [1.54, 1.807) is 12.1 Å². The molecule has 11 heteroatoms. The number of ether oxygens (including phenoxy) is 1. The van der Waals surface area contributed by atoms with Gasteiger partial charge in [-0.05, 0) is 29.8 Å². The van der Waals surface area contributed by atoms with Crippen LogP contribution in [-0.4, -0.2) is 48.5 Å². The first kappa shape index (κ1) is 20.4. The number of β-lactam (4-membered cyclic amide) rings is 1. The summed E-state index contributed by atoms with van der Waals surface area (Å²) in [5.74, 6) is -1.54. The van der Waals surface area contributed by atoms with Crippen LogP contribution >= 0.6 is 11.8 Å². The van der Waals surface area contributed by atoms with Crippen molar-refractivity contribution < 1.29 is 29.2 Å². The van der Waals surface area contributed by atoms with Gasteiger partial charge in [0.1, 0.15) is 6.61 Å². The summed E-state index contributed by atoms with van der Waals surface area (Å²) in [7, 11) is 0. The number of nitrogens with zero attached hydrogens (tertiary/aromatic N) is 3. The molecule has 1 amide bonds. The first-order valence-electron chi connectivity index (χ1n) is 8.37. The van der Waals surface area contributed by atoms with E-state index in [0.29, 0.717) is 11.1 Å². The van der Waals surface area contributed by atoms with Gasteiger partial charge < -0.3 is 9.84 Å². The third kappa shape index (κ3) is 4.76. The van der Waals surface area contributed by atoms with Gasteiger partial charge in [0.05, 0.1) is 16.7 Å². The Morgan fingerprint density at radius 2 is 2.07 bits per heavy atom. The molecule has 150 valence electrons. The van der Waals surface area contributed by atoms with E-state index in [1.165, 1.54) is 36.7 Å². The van der Waals surface area contributed by atoms with Crippen molar-refractivity contribution in [1.29, 1.82) is 0 Å². The predicted molar refractivity (Wildman–Crippen MR) is 100 cm³/mol. The summed E-state index contributed by atoms with van der Waals surface area (Å²) < 4.78 is 4.98. The molecule has 2 heterocycles. The fourth-order valence-electron chi connectivity index (χ4n) is 2.53. The minimum absolute atomic E-state index is 0.00333. The van der Waals surface area contributed by atoms with Crippen LogP contribution in [0.2, 0.25) is 0 Å². The van der Waals surface area contributed by atoms with Gasteiger partial charge in [-0.2, -0.15) is 0 Å². The predicted octanol–water partition coefficient (Wildman–Crippen LogP) is 1.48. The SMILES string of the molecule is O=C(S[C@@H]1CC(=O)N1C(O)C(=O)OCc1ccc([N+](=O)[O-])cc1)c1cccnc1. The van der Waals surface area contributed by atoms with Crippen molar-refractivity contribution in [2.75, 3.05) is 0 Å². The van der Waals surface area contributed by atoms with Crippen LogP contribution in [-0.2, 0) is 20.9 Å². The Morgan fingerprint density at radius 3 is 2.66 bits per heavy atom. The molecule has 0 saturated carbocycles. The zero-order valence-electron chi connectivity index (χ0n) is 14.8. The van der Waals surface area contributed by atoms with Crippen molar-refractivity contribution in [2.24, 2.45) is 0 Å². The molecule has 1 unspecified atom stereocenters. The van der Waals surface area contributed by atoms with Gasteiger partial charge in [0.15, 0.2) is 0 Å². The number of hydrogen-bond acceptors (Lipinski definition) is 9. The van der Waals surface area contributed by atoms with Gasteiger partial charge in [0.25, 0.3) is 5.69 Å². The highest BCUT2D eigenvalue weighted by Gasteiger charge is 2.45. The number of nitro benzene ring substituents is 1. The van der Waals surface area contributed by atoms with E-state index in [-0.39, 0.29) is 23.8 Å². The normalized spacial score (nSPS) is 16.7. The minimum atomic E-state index is -1.85. The van der Waals surface area contributed by atoms with E-state index in [2.05, 4.69) is 4.98 Å². The topological polar surface area (TPSA) is 140 Å². The zero-order valence-corrected chi connectivity index (χ0v) is 15.7. The molecule has 1 fully saturated rings. The second-order valence-electron chi connectivity index (χ2n) is 6.01. The molecule has 0 bridgehead atoms. The molecule has 0 aliphatic carbocycles. The number of thioether (sulfide) groups is 1. The van der Waals surface area contributed by atoms with E-state index in [9.17, 15) is 29.6 Å². The monoisotopic (exact) mass is 417 g/mol. The number of rotatable bonds is 7. The molecule has 10 nitrogen and oxygen atoms in total. The molecule has 0 radical (unpaired) electrons. The van der Waals surface area contributed by atoms with Crippen molar-refractivity contribution in [3.8, 4) is 0 Å². The van der Waals surface area contributed by atoms with E-state index >= 15 is 0 Å². The molecule has 29 heavy (non-hydrogen) atoms. The number of pyridine rings is 1. The van der Waals surface area contributed by atoms with Crippen molar-refractivity contribution in [3.63, 3.8) is 0 Å². The van der Waals surface area contributed by atoms with Gasteiger partial charge in [0.2, 0.25) is 17.3 Å². The second-order valence-corrected chi connectivity index (χ2v) is 7.16. The number of aliphatic hydroxyl groups is 1. The van der Waals surface area contributed by atoms with Crippen LogP contribution in [0.25, 0.3) is 0 Å². The number of non-ortho nitro benzene ring substituents is 1. The van der Waals surface area contributed by atoms with Crippen LogP contribution in [0.4, 0.5) is 5.69 Å². The number of nitro groups is 1. The highest BCUT2D eigenvalue weighted by Crippen LogP contribution is 2.33. The molecule has 1 aromatic carbocycles. The lowest BCUT2D eigenvalue weighted by Gasteiger charge is -2.41. The lowest BCUT2D eigenvalue weighted by atomic mass is 10.2. The quantitative estimate of drug-likeness (QED) is 0.307. The number of esters is 1. The molecule has 1 N–H and O–H groups in total. The maximum atomic E-state index is 12.2. The van der Waals surface area contributed by atoms with Gasteiger partial charge in [-0.3, -0.25) is 29.6 Å². The zero-order chi connectivity index (χ0) is 21.0. The van der Waals surface area contributed by atoms with E-state index < -0.39 is 28.4 Å².